The van der Waals surface area contributed by atoms with Gasteiger partial charge in [0.1, 0.15) is 11.4 Å². The van der Waals surface area contributed by atoms with Crippen LogP contribution in [0.2, 0.25) is 0 Å². The standard InChI is InChI=1S/C24H31N5O.HI/c1-24(2,3)30-22-12-6-5-11-21(22)17-27-23(25-4)26-16-19-9-7-10-20(15-19)18-29-14-8-13-28-29;/h5-15H,16-18H2,1-4H3,(H2,25,26,27);1H. The number of para-hydroxylation sites is 1. The van der Waals surface area contributed by atoms with Crippen molar-refractivity contribution >= 4 is 29.9 Å². The molecule has 0 saturated carbocycles. The number of nitrogens with one attached hydrogen (secondary N) is 2. The monoisotopic (exact) mass is 533 g/mol. The quantitative estimate of drug-likeness (QED) is 0.265. The minimum atomic E-state index is -0.239. The molecular formula is C24H32IN5O. The minimum absolute atomic E-state index is 0. The summed E-state index contributed by atoms with van der Waals surface area (Å²) in [7, 11) is 1.78. The molecule has 0 aliphatic heterocycles. The fourth-order valence-corrected chi connectivity index (χ4v) is 3.08. The van der Waals surface area contributed by atoms with Gasteiger partial charge in [-0.05, 0) is 44.0 Å². The molecule has 0 atom stereocenters. The zero-order chi connectivity index (χ0) is 21.4. The van der Waals surface area contributed by atoms with Crippen LogP contribution in [0.25, 0.3) is 0 Å². The molecule has 0 unspecified atom stereocenters. The number of hydrogen-bond donors (Lipinski definition) is 2. The average Bonchev–Trinajstić information content (AvgIpc) is 3.21. The van der Waals surface area contributed by atoms with Gasteiger partial charge in [-0.1, -0.05) is 42.5 Å². The lowest BCUT2D eigenvalue weighted by Gasteiger charge is -2.23. The lowest BCUT2D eigenvalue weighted by molar-refractivity contribution is 0.129. The van der Waals surface area contributed by atoms with Crippen molar-refractivity contribution in [2.45, 2.75) is 46.0 Å². The number of ether oxygens (including phenoxy) is 1. The van der Waals surface area contributed by atoms with Crippen molar-refractivity contribution in [3.63, 3.8) is 0 Å². The number of halogens is 1. The van der Waals surface area contributed by atoms with E-state index in [1.807, 2.05) is 35.1 Å². The minimum Gasteiger partial charge on any atom is -0.488 e. The highest BCUT2D eigenvalue weighted by Gasteiger charge is 2.14. The van der Waals surface area contributed by atoms with Gasteiger partial charge in [-0.25, -0.2) is 0 Å². The molecule has 3 aromatic rings. The van der Waals surface area contributed by atoms with Gasteiger partial charge < -0.3 is 15.4 Å². The highest BCUT2D eigenvalue weighted by Crippen LogP contribution is 2.22. The second-order valence-corrected chi connectivity index (χ2v) is 8.13. The van der Waals surface area contributed by atoms with Crippen molar-refractivity contribution in [3.05, 3.63) is 83.7 Å². The van der Waals surface area contributed by atoms with Crippen LogP contribution in [0, 0.1) is 0 Å². The topological polar surface area (TPSA) is 63.5 Å². The van der Waals surface area contributed by atoms with Gasteiger partial charge in [-0.2, -0.15) is 5.10 Å². The third kappa shape index (κ3) is 8.24. The summed E-state index contributed by atoms with van der Waals surface area (Å²) in [5.41, 5.74) is 3.27. The van der Waals surface area contributed by atoms with Crippen LogP contribution in [0.3, 0.4) is 0 Å². The number of nitrogens with zero attached hydrogens (tertiary/aromatic N) is 3. The van der Waals surface area contributed by atoms with Gasteiger partial charge in [0.15, 0.2) is 5.96 Å². The van der Waals surface area contributed by atoms with Crippen LogP contribution >= 0.6 is 24.0 Å². The molecule has 0 aliphatic rings. The molecule has 3 rings (SSSR count). The molecule has 166 valence electrons. The molecule has 7 heteroatoms. The maximum Gasteiger partial charge on any atom is 0.191 e. The fraction of sp³-hybridized carbons (Fsp3) is 0.333. The molecule has 0 aliphatic carbocycles. The number of aromatic nitrogens is 2. The van der Waals surface area contributed by atoms with Gasteiger partial charge in [0.25, 0.3) is 0 Å². The molecular weight excluding hydrogens is 501 g/mol. The zero-order valence-electron chi connectivity index (χ0n) is 18.6. The van der Waals surface area contributed by atoms with Crippen LogP contribution in [0.15, 0.2) is 72.0 Å². The lowest BCUT2D eigenvalue weighted by Crippen LogP contribution is -2.36. The van der Waals surface area contributed by atoms with Gasteiger partial charge >= 0.3 is 0 Å². The van der Waals surface area contributed by atoms with Crippen molar-refractivity contribution < 1.29 is 4.74 Å². The molecule has 1 aromatic heterocycles. The first kappa shape index (κ1) is 24.7. The van der Waals surface area contributed by atoms with Crippen molar-refractivity contribution in [3.8, 4) is 5.75 Å². The highest BCUT2D eigenvalue weighted by molar-refractivity contribution is 14.0. The summed E-state index contributed by atoms with van der Waals surface area (Å²) in [5.74, 6) is 1.64. The summed E-state index contributed by atoms with van der Waals surface area (Å²) in [6.07, 6.45) is 3.77. The fourth-order valence-electron chi connectivity index (χ4n) is 3.08. The van der Waals surface area contributed by atoms with E-state index in [0.29, 0.717) is 13.1 Å². The van der Waals surface area contributed by atoms with E-state index in [2.05, 4.69) is 71.8 Å². The van der Waals surface area contributed by atoms with Crippen molar-refractivity contribution in [2.24, 2.45) is 4.99 Å². The van der Waals surface area contributed by atoms with Crippen LogP contribution in [-0.2, 0) is 19.6 Å². The largest absolute Gasteiger partial charge is 0.488 e. The van der Waals surface area contributed by atoms with E-state index in [1.165, 1.54) is 11.1 Å². The Bertz CT molecular complexity index is 964. The van der Waals surface area contributed by atoms with Crippen LogP contribution in [-0.4, -0.2) is 28.4 Å². The molecule has 2 aromatic carbocycles. The normalized spacial score (nSPS) is 11.5. The Morgan fingerprint density at radius 2 is 1.74 bits per heavy atom. The summed E-state index contributed by atoms with van der Waals surface area (Å²) in [5, 5.41) is 11.0. The molecule has 0 amide bonds. The Hall–Kier alpha value is -2.55. The first-order valence-corrected chi connectivity index (χ1v) is 10.2. The Labute approximate surface area is 202 Å². The molecule has 0 bridgehead atoms. The van der Waals surface area contributed by atoms with Crippen molar-refractivity contribution in [1.82, 2.24) is 20.4 Å². The second kappa shape index (κ2) is 11.7. The lowest BCUT2D eigenvalue weighted by atomic mass is 10.1. The Morgan fingerprint density at radius 3 is 2.45 bits per heavy atom. The first-order valence-electron chi connectivity index (χ1n) is 10.2. The van der Waals surface area contributed by atoms with Crippen molar-refractivity contribution in [2.75, 3.05) is 7.05 Å². The average molecular weight is 533 g/mol. The molecule has 0 saturated heterocycles. The van der Waals surface area contributed by atoms with Gasteiger partial charge in [0.2, 0.25) is 0 Å². The Balaban J connectivity index is 0.00000341. The number of benzene rings is 2. The molecule has 2 N–H and O–H groups in total. The molecule has 6 nitrogen and oxygen atoms in total. The first-order chi connectivity index (χ1) is 14.4. The van der Waals surface area contributed by atoms with Gasteiger partial charge in [0.05, 0.1) is 6.54 Å². The SMILES string of the molecule is CN=C(NCc1cccc(Cn2cccn2)c1)NCc1ccccc1OC(C)(C)C.I. The van der Waals surface area contributed by atoms with Gasteiger partial charge in [-0.3, -0.25) is 9.67 Å². The Kier molecular flexibility index (Phi) is 9.36. The summed E-state index contributed by atoms with van der Waals surface area (Å²) in [4.78, 5) is 4.35. The van der Waals surface area contributed by atoms with Gasteiger partial charge in [0, 0.05) is 38.1 Å². The van der Waals surface area contributed by atoms with E-state index >= 15 is 0 Å². The van der Waals surface area contributed by atoms with E-state index < -0.39 is 0 Å². The number of rotatable bonds is 7. The van der Waals surface area contributed by atoms with E-state index in [9.17, 15) is 0 Å². The van der Waals surface area contributed by atoms with Crippen LogP contribution in [0.5, 0.6) is 5.75 Å². The third-order valence-electron chi connectivity index (χ3n) is 4.41. The van der Waals surface area contributed by atoms with Gasteiger partial charge in [-0.15, -0.1) is 24.0 Å². The van der Waals surface area contributed by atoms with Crippen LogP contribution < -0.4 is 15.4 Å². The molecule has 0 spiro atoms. The highest BCUT2D eigenvalue weighted by atomic mass is 127. The summed E-state index contributed by atoms with van der Waals surface area (Å²) in [6.45, 7) is 8.24. The number of guanidine groups is 1. The van der Waals surface area contributed by atoms with Crippen molar-refractivity contribution in [1.29, 1.82) is 0 Å². The maximum atomic E-state index is 6.08. The second-order valence-electron chi connectivity index (χ2n) is 8.13. The summed E-state index contributed by atoms with van der Waals surface area (Å²) < 4.78 is 8.00. The van der Waals surface area contributed by atoms with E-state index in [-0.39, 0.29) is 29.6 Å². The Morgan fingerprint density at radius 1 is 1.00 bits per heavy atom. The van der Waals surface area contributed by atoms with E-state index in [0.717, 1.165) is 23.8 Å². The predicted molar refractivity (Wildman–Crippen MR) is 137 cm³/mol. The van der Waals surface area contributed by atoms with Crippen LogP contribution in [0.4, 0.5) is 0 Å². The smallest absolute Gasteiger partial charge is 0.191 e. The number of hydrogen-bond acceptors (Lipinski definition) is 3. The van der Waals surface area contributed by atoms with E-state index in [4.69, 9.17) is 4.74 Å². The molecule has 0 radical (unpaired) electrons. The summed E-state index contributed by atoms with van der Waals surface area (Å²) >= 11 is 0. The summed E-state index contributed by atoms with van der Waals surface area (Å²) in [6, 6.07) is 18.5. The molecule has 1 heterocycles. The number of aliphatic imine (C=N–C) groups is 1. The van der Waals surface area contributed by atoms with E-state index in [1.54, 1.807) is 13.2 Å². The molecule has 0 fully saturated rings. The molecule has 31 heavy (non-hydrogen) atoms. The zero-order valence-corrected chi connectivity index (χ0v) is 21.0. The predicted octanol–water partition coefficient (Wildman–Crippen LogP) is 4.59. The maximum absolute atomic E-state index is 6.08. The third-order valence-corrected chi connectivity index (χ3v) is 4.41. The van der Waals surface area contributed by atoms with Crippen LogP contribution in [0.1, 0.15) is 37.5 Å².